The highest BCUT2D eigenvalue weighted by Gasteiger charge is 2.52. The van der Waals surface area contributed by atoms with E-state index in [2.05, 4.69) is 33.8 Å². The number of carboxylic acid groups (broad SMARTS) is 1. The Kier molecular flexibility index (Phi) is 12.8. The highest BCUT2D eigenvalue weighted by Crippen LogP contribution is 2.48. The van der Waals surface area contributed by atoms with Gasteiger partial charge in [0.15, 0.2) is 0 Å². The number of fused-ring (bicyclic) bond motifs is 6. The molecule has 272 valence electrons. The summed E-state index contributed by atoms with van der Waals surface area (Å²) >= 11 is 0. The van der Waals surface area contributed by atoms with Crippen molar-refractivity contribution in [1.82, 2.24) is 0 Å². The predicted molar refractivity (Wildman–Crippen MR) is 173 cm³/mol. The standard InChI is InChI=1S/C13H18O3.C10H12O4.C10H14O3.C4H2O3/c14-13(16-12-3-1-2-6-15-12)11-8-9-4-5-10(11)7-9;1-14-10(13)8-6-3-2-5(4-6)7(8)9(11)12;11-3-4-13-10(12)9-6-7-1-2-8(9)5-7;5-3-1-2-4(6)7-3/h4-5,9-12H,1-3,6-8H2;2-3,5-8H,4H2,1H3,(H,11,12);1-2,7-9,11H,3-6H2;1-2H. The second kappa shape index (κ2) is 17.2. The normalized spacial score (nSPS) is 35.7. The fourth-order valence-electron chi connectivity index (χ4n) is 8.30. The van der Waals surface area contributed by atoms with Crippen molar-refractivity contribution in [2.75, 3.05) is 26.9 Å². The van der Waals surface area contributed by atoms with Crippen molar-refractivity contribution in [3.8, 4) is 0 Å². The number of aliphatic hydroxyl groups is 1. The van der Waals surface area contributed by atoms with Crippen molar-refractivity contribution >= 4 is 35.8 Å². The molecule has 6 aliphatic carbocycles. The zero-order valence-corrected chi connectivity index (χ0v) is 28.1. The minimum atomic E-state index is -0.891. The van der Waals surface area contributed by atoms with Gasteiger partial charge in [-0.05, 0) is 80.5 Å². The summed E-state index contributed by atoms with van der Waals surface area (Å²) in [5.74, 6) is -1.40. The number of hydrogen-bond acceptors (Lipinski definition) is 12. The predicted octanol–water partition coefficient (Wildman–Crippen LogP) is 3.31. The number of rotatable bonds is 7. The lowest BCUT2D eigenvalue weighted by atomic mass is 9.83. The average Bonchev–Trinajstić information content (AvgIpc) is 3.98. The Hall–Kier alpha value is -4.10. The Morgan fingerprint density at radius 1 is 0.740 bits per heavy atom. The van der Waals surface area contributed by atoms with Gasteiger partial charge in [0.05, 0.1) is 44.0 Å². The molecule has 0 radical (unpaired) electrons. The first kappa shape index (κ1) is 37.2. The van der Waals surface area contributed by atoms with E-state index in [9.17, 15) is 28.8 Å². The fraction of sp³-hybridized carbons (Fsp3) is 0.622. The van der Waals surface area contributed by atoms with Gasteiger partial charge in [-0.25, -0.2) is 9.59 Å². The molecular weight excluding hydrogens is 652 g/mol. The van der Waals surface area contributed by atoms with Crippen LogP contribution in [-0.4, -0.2) is 79.2 Å². The van der Waals surface area contributed by atoms with Gasteiger partial charge in [0.2, 0.25) is 6.29 Å². The number of carbonyl (C=O) groups is 6. The first-order valence-corrected chi connectivity index (χ1v) is 17.5. The van der Waals surface area contributed by atoms with Gasteiger partial charge in [-0.3, -0.25) is 19.2 Å². The Balaban J connectivity index is 0.000000134. The number of esters is 5. The van der Waals surface area contributed by atoms with E-state index in [4.69, 9.17) is 24.4 Å². The number of cyclic esters (lactones) is 2. The van der Waals surface area contributed by atoms with Crippen LogP contribution in [0.4, 0.5) is 0 Å². The minimum absolute atomic E-state index is 0.0154. The van der Waals surface area contributed by atoms with Crippen LogP contribution < -0.4 is 0 Å². The molecule has 1 saturated heterocycles. The van der Waals surface area contributed by atoms with Crippen molar-refractivity contribution in [3.63, 3.8) is 0 Å². The van der Waals surface area contributed by atoms with E-state index in [0.29, 0.717) is 23.7 Å². The lowest BCUT2D eigenvalue weighted by Crippen LogP contribution is -2.33. The molecule has 2 heterocycles. The molecule has 0 amide bonds. The number of methoxy groups -OCH3 is 1. The van der Waals surface area contributed by atoms with Gasteiger partial charge in [0.25, 0.3) is 0 Å². The van der Waals surface area contributed by atoms with Gasteiger partial charge in [-0.15, -0.1) is 0 Å². The van der Waals surface area contributed by atoms with E-state index < -0.39 is 35.7 Å². The van der Waals surface area contributed by atoms with Crippen molar-refractivity contribution in [2.24, 2.45) is 59.2 Å². The monoisotopic (exact) mass is 698 g/mol. The molecule has 2 aliphatic heterocycles. The summed E-state index contributed by atoms with van der Waals surface area (Å²) in [7, 11) is 1.30. The molecule has 8 aliphatic rings. The van der Waals surface area contributed by atoms with Crippen molar-refractivity contribution < 1.29 is 62.7 Å². The Labute approximate surface area is 290 Å². The quantitative estimate of drug-likeness (QED) is 0.171. The summed E-state index contributed by atoms with van der Waals surface area (Å²) in [6, 6.07) is 0. The van der Waals surface area contributed by atoms with Gasteiger partial charge in [-0.1, -0.05) is 36.5 Å². The minimum Gasteiger partial charge on any atom is -0.481 e. The third kappa shape index (κ3) is 9.16. The number of carbonyl (C=O) groups excluding carboxylic acids is 5. The SMILES string of the molecule is COC(=O)C1C2C=CC(C2)C1C(=O)O.O=C(OC1CCCCO1)C1CC2C=CC1C2.O=C(OCCO)C1CC2C=CC1C2.O=C1C=CC(=O)O1. The maximum atomic E-state index is 12.0. The first-order valence-electron chi connectivity index (χ1n) is 17.5. The van der Waals surface area contributed by atoms with E-state index in [0.717, 1.165) is 70.1 Å². The molecule has 11 atom stereocenters. The molecule has 8 rings (SSSR count). The summed E-state index contributed by atoms with van der Waals surface area (Å²) in [6.45, 7) is 0.785. The van der Waals surface area contributed by atoms with E-state index in [-0.39, 0.29) is 55.1 Å². The molecule has 13 nitrogen and oxygen atoms in total. The zero-order valence-electron chi connectivity index (χ0n) is 28.1. The maximum Gasteiger partial charge on any atom is 0.338 e. The van der Waals surface area contributed by atoms with Crippen LogP contribution in [0.25, 0.3) is 0 Å². The molecule has 0 spiro atoms. The zero-order chi connectivity index (χ0) is 35.8. The van der Waals surface area contributed by atoms with Crippen LogP contribution in [0.1, 0.15) is 51.4 Å². The lowest BCUT2D eigenvalue weighted by molar-refractivity contribution is -0.191. The Bertz CT molecular complexity index is 1390. The highest BCUT2D eigenvalue weighted by atomic mass is 16.7. The van der Waals surface area contributed by atoms with Crippen LogP contribution in [-0.2, 0) is 52.5 Å². The van der Waals surface area contributed by atoms with E-state index in [1.165, 1.54) is 7.11 Å². The molecule has 50 heavy (non-hydrogen) atoms. The number of ether oxygens (including phenoxy) is 5. The van der Waals surface area contributed by atoms with Crippen molar-refractivity contribution in [2.45, 2.75) is 57.7 Å². The van der Waals surface area contributed by atoms with Crippen LogP contribution in [0.5, 0.6) is 0 Å². The van der Waals surface area contributed by atoms with Crippen LogP contribution in [0.2, 0.25) is 0 Å². The Morgan fingerprint density at radius 3 is 1.76 bits per heavy atom. The number of hydrogen-bond donors (Lipinski definition) is 2. The molecule has 13 heteroatoms. The second-order valence-electron chi connectivity index (χ2n) is 13.8. The Morgan fingerprint density at radius 2 is 1.32 bits per heavy atom. The third-order valence-corrected chi connectivity index (χ3v) is 10.7. The highest BCUT2D eigenvalue weighted by molar-refractivity contribution is 6.04. The smallest absolute Gasteiger partial charge is 0.338 e. The summed E-state index contributed by atoms with van der Waals surface area (Å²) in [5.41, 5.74) is 0. The number of aliphatic carboxylic acids is 1. The number of allylic oxidation sites excluding steroid dienone is 6. The molecule has 0 aromatic rings. The maximum absolute atomic E-state index is 12.0. The van der Waals surface area contributed by atoms with Crippen LogP contribution >= 0.6 is 0 Å². The topological polar surface area (TPSA) is 189 Å². The van der Waals surface area contributed by atoms with Gasteiger partial charge in [0.1, 0.15) is 6.61 Å². The number of carboxylic acids is 1. The molecule has 3 saturated carbocycles. The molecule has 4 fully saturated rings. The first-order chi connectivity index (χ1) is 24.1. The molecule has 0 aromatic carbocycles. The largest absolute Gasteiger partial charge is 0.481 e. The summed E-state index contributed by atoms with van der Waals surface area (Å²) < 4.78 is 24.4. The second-order valence-corrected chi connectivity index (χ2v) is 13.8. The third-order valence-electron chi connectivity index (χ3n) is 10.7. The molecule has 2 N–H and O–H groups in total. The van der Waals surface area contributed by atoms with Crippen molar-refractivity contribution in [1.29, 1.82) is 0 Å². The molecule has 11 unspecified atom stereocenters. The summed E-state index contributed by atoms with van der Waals surface area (Å²) in [5, 5.41) is 17.5. The van der Waals surface area contributed by atoms with E-state index in [1.54, 1.807) is 0 Å². The van der Waals surface area contributed by atoms with Gasteiger partial charge >= 0.3 is 35.8 Å². The number of aliphatic hydroxyl groups excluding tert-OH is 1. The molecule has 6 bridgehead atoms. The van der Waals surface area contributed by atoms with Crippen LogP contribution in [0.15, 0.2) is 48.6 Å². The lowest BCUT2D eigenvalue weighted by Gasteiger charge is -2.25. The van der Waals surface area contributed by atoms with Gasteiger partial charge in [0, 0.05) is 18.6 Å². The van der Waals surface area contributed by atoms with Crippen LogP contribution in [0, 0.1) is 59.2 Å². The fourth-order valence-corrected chi connectivity index (χ4v) is 8.30. The van der Waals surface area contributed by atoms with Gasteiger partial charge < -0.3 is 33.9 Å². The molecule has 0 aromatic heterocycles. The van der Waals surface area contributed by atoms with Gasteiger partial charge in [-0.2, -0.15) is 0 Å². The average molecular weight is 699 g/mol. The summed E-state index contributed by atoms with van der Waals surface area (Å²) in [6.07, 6.45) is 22.5. The van der Waals surface area contributed by atoms with E-state index in [1.807, 2.05) is 12.2 Å². The van der Waals surface area contributed by atoms with Crippen molar-refractivity contribution in [3.05, 3.63) is 48.6 Å². The van der Waals surface area contributed by atoms with Crippen LogP contribution in [0.3, 0.4) is 0 Å². The summed E-state index contributed by atoms with van der Waals surface area (Å²) in [4.78, 5) is 65.6. The molecular formula is C37H46O13. The van der Waals surface area contributed by atoms with E-state index >= 15 is 0 Å².